The number of aromatic carboxylic acids is 1. The number of carbonyl (C=O) groups is 3. The van der Waals surface area contributed by atoms with Gasteiger partial charge < -0.3 is 15.3 Å². The van der Waals surface area contributed by atoms with Gasteiger partial charge >= 0.3 is 5.97 Å². The summed E-state index contributed by atoms with van der Waals surface area (Å²) in [6.07, 6.45) is 8.16. The van der Waals surface area contributed by atoms with E-state index in [9.17, 15) is 14.4 Å². The minimum atomic E-state index is -1.09. The number of rotatable bonds is 6. The van der Waals surface area contributed by atoms with Crippen molar-refractivity contribution in [3.8, 4) is 0 Å². The summed E-state index contributed by atoms with van der Waals surface area (Å²) >= 11 is 0. The van der Waals surface area contributed by atoms with Gasteiger partial charge in [0, 0.05) is 30.5 Å². The summed E-state index contributed by atoms with van der Waals surface area (Å²) in [5.74, 6) is -1.44. The Morgan fingerprint density at radius 1 is 1.14 bits per heavy atom. The molecule has 1 aromatic carbocycles. The Morgan fingerprint density at radius 2 is 1.82 bits per heavy atom. The molecular weight excluding hydrogens is 360 g/mol. The lowest BCUT2D eigenvalue weighted by atomic mass is 9.94. The summed E-state index contributed by atoms with van der Waals surface area (Å²) in [4.78, 5) is 37.4. The van der Waals surface area contributed by atoms with E-state index in [1.54, 1.807) is 24.3 Å². The molecule has 2 aromatic rings. The van der Waals surface area contributed by atoms with Gasteiger partial charge in [0.15, 0.2) is 0 Å². The van der Waals surface area contributed by atoms with Crippen molar-refractivity contribution in [1.29, 1.82) is 0 Å². The lowest BCUT2D eigenvalue weighted by Crippen LogP contribution is -2.38. The van der Waals surface area contributed by atoms with Crippen LogP contribution in [0, 0.1) is 0 Å². The predicted octanol–water partition coefficient (Wildman–Crippen LogP) is 2.62. The van der Waals surface area contributed by atoms with Gasteiger partial charge in [-0.1, -0.05) is 19.3 Å². The summed E-state index contributed by atoms with van der Waals surface area (Å²) < 4.78 is 1.26. The second kappa shape index (κ2) is 8.69. The number of aromatic nitrogens is 2. The zero-order valence-corrected chi connectivity index (χ0v) is 15.8. The number of nitrogens with one attached hydrogen (secondary N) is 1. The van der Waals surface area contributed by atoms with Gasteiger partial charge in [-0.25, -0.2) is 4.79 Å². The van der Waals surface area contributed by atoms with E-state index in [0.29, 0.717) is 17.3 Å². The van der Waals surface area contributed by atoms with Gasteiger partial charge in [-0.15, -0.1) is 0 Å². The molecule has 0 unspecified atom stereocenters. The summed E-state index contributed by atoms with van der Waals surface area (Å²) in [6, 6.07) is 7.07. The van der Waals surface area contributed by atoms with Crippen LogP contribution in [0.3, 0.4) is 0 Å². The first kappa shape index (κ1) is 19.6. The number of benzene rings is 1. The molecule has 0 saturated heterocycles. The zero-order chi connectivity index (χ0) is 20.1. The molecule has 2 N–H and O–H groups in total. The van der Waals surface area contributed by atoms with Crippen molar-refractivity contribution in [3.63, 3.8) is 0 Å². The Labute approximate surface area is 163 Å². The number of hydrogen-bond donors (Lipinski definition) is 2. The molecule has 1 heterocycles. The highest BCUT2D eigenvalue weighted by atomic mass is 16.4. The second-order valence-corrected chi connectivity index (χ2v) is 7.07. The van der Waals surface area contributed by atoms with E-state index < -0.39 is 5.97 Å². The monoisotopic (exact) mass is 384 g/mol. The fraction of sp³-hybridized carbons (Fsp3) is 0.400. The lowest BCUT2D eigenvalue weighted by Gasteiger charge is -2.31. The van der Waals surface area contributed by atoms with Crippen molar-refractivity contribution < 1.29 is 19.5 Å². The smallest absolute Gasteiger partial charge is 0.338 e. The second-order valence-electron chi connectivity index (χ2n) is 7.07. The molecule has 0 atom stereocenters. The standard InChI is InChI=1S/C20H24N4O4/c1-23(17-5-3-2-4-6-17)19(26)14-7-9-16(10-8-14)22-18(25)13-24-12-15(11-21-24)20(27)28/h7-12,17H,2-6,13H2,1H3,(H,22,25)(H,27,28). The number of nitrogens with zero attached hydrogens (tertiary/aromatic N) is 3. The summed E-state index contributed by atoms with van der Waals surface area (Å²) in [5, 5.41) is 15.4. The molecule has 0 bridgehead atoms. The molecular formula is C20H24N4O4. The Morgan fingerprint density at radius 3 is 2.43 bits per heavy atom. The van der Waals surface area contributed by atoms with Crippen LogP contribution < -0.4 is 5.32 Å². The Hall–Kier alpha value is -3.16. The third kappa shape index (κ3) is 4.76. The number of carbonyl (C=O) groups excluding carboxylic acids is 2. The van der Waals surface area contributed by atoms with Crippen molar-refractivity contribution in [2.75, 3.05) is 12.4 Å². The molecule has 3 rings (SSSR count). The van der Waals surface area contributed by atoms with Crippen molar-refractivity contribution in [1.82, 2.24) is 14.7 Å². The van der Waals surface area contributed by atoms with E-state index in [2.05, 4.69) is 10.4 Å². The van der Waals surface area contributed by atoms with Crippen molar-refractivity contribution in [2.24, 2.45) is 0 Å². The van der Waals surface area contributed by atoms with E-state index in [1.807, 2.05) is 11.9 Å². The largest absolute Gasteiger partial charge is 0.478 e. The van der Waals surface area contributed by atoms with Gasteiger partial charge in [-0.2, -0.15) is 5.10 Å². The third-order valence-electron chi connectivity index (χ3n) is 5.04. The SMILES string of the molecule is CN(C(=O)c1ccc(NC(=O)Cn2cc(C(=O)O)cn2)cc1)C1CCCCC1. The fourth-order valence-electron chi connectivity index (χ4n) is 3.44. The van der Waals surface area contributed by atoms with Gasteiger partial charge in [-0.3, -0.25) is 14.3 Å². The van der Waals surface area contributed by atoms with Crippen LogP contribution in [-0.2, 0) is 11.3 Å². The average Bonchev–Trinajstić information content (AvgIpc) is 3.17. The van der Waals surface area contributed by atoms with Gasteiger partial charge in [0.05, 0.1) is 11.8 Å². The van der Waals surface area contributed by atoms with Crippen LogP contribution in [-0.4, -0.2) is 50.7 Å². The Kier molecular flexibility index (Phi) is 6.08. The number of amides is 2. The minimum absolute atomic E-state index is 0.0116. The lowest BCUT2D eigenvalue weighted by molar-refractivity contribution is -0.116. The number of carboxylic acid groups (broad SMARTS) is 1. The summed E-state index contributed by atoms with van der Waals surface area (Å²) in [7, 11) is 1.85. The van der Waals surface area contributed by atoms with Crippen LogP contribution in [0.2, 0.25) is 0 Å². The normalized spacial score (nSPS) is 14.5. The molecule has 0 radical (unpaired) electrons. The highest BCUT2D eigenvalue weighted by Gasteiger charge is 2.22. The highest BCUT2D eigenvalue weighted by Crippen LogP contribution is 2.23. The molecule has 1 fully saturated rings. The number of anilines is 1. The fourth-order valence-corrected chi connectivity index (χ4v) is 3.44. The quantitative estimate of drug-likeness (QED) is 0.797. The molecule has 148 valence electrons. The minimum Gasteiger partial charge on any atom is -0.478 e. The molecule has 1 saturated carbocycles. The van der Waals surface area contributed by atoms with Gasteiger partial charge in [0.2, 0.25) is 5.91 Å². The van der Waals surface area contributed by atoms with Crippen molar-refractivity contribution in [3.05, 3.63) is 47.8 Å². The first-order valence-electron chi connectivity index (χ1n) is 9.37. The van der Waals surface area contributed by atoms with E-state index in [1.165, 1.54) is 23.5 Å². The van der Waals surface area contributed by atoms with Gasteiger partial charge in [0.25, 0.3) is 5.91 Å². The topological polar surface area (TPSA) is 105 Å². The van der Waals surface area contributed by atoms with Crippen molar-refractivity contribution >= 4 is 23.5 Å². The summed E-state index contributed by atoms with van der Waals surface area (Å²) in [5.41, 5.74) is 1.18. The van der Waals surface area contributed by atoms with E-state index in [4.69, 9.17) is 5.11 Å². The molecule has 8 heteroatoms. The maximum absolute atomic E-state index is 12.7. The van der Waals surface area contributed by atoms with Crippen LogP contribution in [0.5, 0.6) is 0 Å². The number of hydrogen-bond acceptors (Lipinski definition) is 4. The molecule has 0 aliphatic heterocycles. The first-order valence-corrected chi connectivity index (χ1v) is 9.37. The molecule has 1 aliphatic carbocycles. The van der Waals surface area contributed by atoms with Crippen molar-refractivity contribution in [2.45, 2.75) is 44.7 Å². The molecule has 0 spiro atoms. The molecule has 8 nitrogen and oxygen atoms in total. The highest BCUT2D eigenvalue weighted by molar-refractivity contribution is 5.96. The van der Waals surface area contributed by atoms with Crippen LogP contribution in [0.25, 0.3) is 0 Å². The maximum Gasteiger partial charge on any atom is 0.338 e. The third-order valence-corrected chi connectivity index (χ3v) is 5.04. The molecule has 1 aliphatic rings. The summed E-state index contributed by atoms with van der Waals surface area (Å²) in [6.45, 7) is -0.0988. The van der Waals surface area contributed by atoms with Crippen LogP contribution in [0.1, 0.15) is 52.8 Å². The van der Waals surface area contributed by atoms with E-state index >= 15 is 0 Å². The maximum atomic E-state index is 12.7. The van der Waals surface area contributed by atoms with Gasteiger partial charge in [-0.05, 0) is 37.1 Å². The molecule has 28 heavy (non-hydrogen) atoms. The number of carboxylic acids is 1. The predicted molar refractivity (Wildman–Crippen MR) is 103 cm³/mol. The average molecular weight is 384 g/mol. The first-order chi connectivity index (χ1) is 13.4. The van der Waals surface area contributed by atoms with Crippen LogP contribution in [0.4, 0.5) is 5.69 Å². The Balaban J connectivity index is 1.56. The van der Waals surface area contributed by atoms with E-state index in [-0.39, 0.29) is 23.9 Å². The molecule has 1 aromatic heterocycles. The Bertz CT molecular complexity index is 853. The van der Waals surface area contributed by atoms with E-state index in [0.717, 1.165) is 25.7 Å². The zero-order valence-electron chi connectivity index (χ0n) is 15.8. The van der Waals surface area contributed by atoms with Crippen LogP contribution >= 0.6 is 0 Å². The van der Waals surface area contributed by atoms with Crippen LogP contribution in [0.15, 0.2) is 36.7 Å². The van der Waals surface area contributed by atoms with Gasteiger partial charge in [0.1, 0.15) is 6.54 Å². The molecule has 2 amide bonds.